The fraction of sp³-hybridized carbons (Fsp3) is 0.787. The average Bonchev–Trinajstić information content (AvgIpc) is 3.53. The Morgan fingerprint density at radius 2 is 1.62 bits per heavy atom. The number of nitrogens with one attached hydrogen (secondary N) is 2. The summed E-state index contributed by atoms with van der Waals surface area (Å²) in [6.07, 6.45) is 18.9. The summed E-state index contributed by atoms with van der Waals surface area (Å²) in [5.74, 6) is 4.79. The molecule has 0 saturated heterocycles. The third-order valence-electron chi connectivity index (χ3n) is 15.0. The predicted molar refractivity (Wildman–Crippen MR) is 228 cm³/mol. The SMILES string of the molecule is CC(C)CCCC(C)C1CCC2C3CC=C4CC(OC(=O)NC(Cc5ccc(O)cc5)C(=O)N(CCCN)CCCCNCCCN)CCC4(C)C3CCC12C. The summed E-state index contributed by atoms with van der Waals surface area (Å²) in [6, 6.07) is 6.06. The summed E-state index contributed by atoms with van der Waals surface area (Å²) in [4.78, 5) is 29.7. The maximum Gasteiger partial charge on any atom is 0.408 e. The molecule has 9 unspecified atom stereocenters. The second-order valence-electron chi connectivity index (χ2n) is 19.2. The van der Waals surface area contributed by atoms with E-state index in [-0.39, 0.29) is 23.2 Å². The van der Waals surface area contributed by atoms with Crippen molar-refractivity contribution in [3.63, 3.8) is 0 Å². The van der Waals surface area contributed by atoms with Gasteiger partial charge in [-0.1, -0.05) is 77.7 Å². The summed E-state index contributed by atoms with van der Waals surface area (Å²) >= 11 is 0. The van der Waals surface area contributed by atoms with Crippen molar-refractivity contribution >= 4 is 12.0 Å². The van der Waals surface area contributed by atoms with Crippen molar-refractivity contribution in [1.29, 1.82) is 0 Å². The zero-order chi connectivity index (χ0) is 40.3. The van der Waals surface area contributed by atoms with Crippen LogP contribution in [0.3, 0.4) is 0 Å². The average molecular weight is 778 g/mol. The number of amides is 2. The summed E-state index contributed by atoms with van der Waals surface area (Å²) in [5, 5.41) is 16.3. The van der Waals surface area contributed by atoms with Crippen LogP contribution in [0, 0.1) is 46.3 Å². The zero-order valence-electron chi connectivity index (χ0n) is 35.8. The Balaban J connectivity index is 1.21. The molecular weight excluding hydrogens is 699 g/mol. The van der Waals surface area contributed by atoms with Crippen molar-refractivity contribution in [3.8, 4) is 5.75 Å². The Kier molecular flexibility index (Phi) is 16.6. The van der Waals surface area contributed by atoms with Gasteiger partial charge in [-0.05, 0) is 161 Å². The molecule has 5 rings (SSSR count). The van der Waals surface area contributed by atoms with Gasteiger partial charge in [0.15, 0.2) is 0 Å². The Bertz CT molecular complexity index is 1420. The number of hydrogen-bond acceptors (Lipinski definition) is 7. The lowest BCUT2D eigenvalue weighted by Crippen LogP contribution is -2.52. The number of nitrogens with two attached hydrogens (primary N) is 2. The molecule has 0 aliphatic heterocycles. The van der Waals surface area contributed by atoms with Crippen LogP contribution in [0.15, 0.2) is 35.9 Å². The van der Waals surface area contributed by atoms with E-state index >= 15 is 0 Å². The van der Waals surface area contributed by atoms with Crippen LogP contribution < -0.4 is 22.1 Å². The zero-order valence-corrected chi connectivity index (χ0v) is 35.8. The van der Waals surface area contributed by atoms with Crippen molar-refractivity contribution in [2.45, 2.75) is 149 Å². The Morgan fingerprint density at radius 3 is 2.36 bits per heavy atom. The number of phenols is 1. The molecule has 3 saturated carbocycles. The van der Waals surface area contributed by atoms with Gasteiger partial charge in [-0.2, -0.15) is 0 Å². The van der Waals surface area contributed by atoms with Crippen LogP contribution in [0.25, 0.3) is 0 Å². The van der Waals surface area contributed by atoms with Crippen LogP contribution in [-0.2, 0) is 16.0 Å². The number of rotatable bonds is 21. The molecule has 4 aliphatic rings. The van der Waals surface area contributed by atoms with E-state index in [0.717, 1.165) is 93.2 Å². The first-order valence-corrected chi connectivity index (χ1v) is 22.7. The minimum absolute atomic E-state index is 0.125. The molecule has 0 spiro atoms. The molecule has 316 valence electrons. The van der Waals surface area contributed by atoms with E-state index in [1.807, 2.05) is 4.90 Å². The van der Waals surface area contributed by atoms with Crippen molar-refractivity contribution in [1.82, 2.24) is 15.5 Å². The first-order chi connectivity index (χ1) is 26.9. The van der Waals surface area contributed by atoms with E-state index in [0.29, 0.717) is 50.4 Å². The van der Waals surface area contributed by atoms with Crippen molar-refractivity contribution < 1.29 is 19.4 Å². The number of phenolic OH excluding ortho intramolecular Hbond substituents is 1. The van der Waals surface area contributed by atoms with Crippen LogP contribution in [0.1, 0.15) is 136 Å². The fourth-order valence-corrected chi connectivity index (χ4v) is 11.9. The van der Waals surface area contributed by atoms with Gasteiger partial charge < -0.3 is 36.8 Å². The Morgan fingerprint density at radius 1 is 0.893 bits per heavy atom. The number of hydrogen-bond donors (Lipinski definition) is 5. The molecule has 7 N–H and O–H groups in total. The van der Waals surface area contributed by atoms with E-state index in [2.05, 4.69) is 51.3 Å². The third-order valence-corrected chi connectivity index (χ3v) is 15.0. The van der Waals surface area contributed by atoms with E-state index in [1.165, 1.54) is 50.5 Å². The molecule has 9 nitrogen and oxygen atoms in total. The predicted octanol–water partition coefficient (Wildman–Crippen LogP) is 8.34. The number of nitrogens with zero attached hydrogens (tertiary/aromatic N) is 1. The summed E-state index contributed by atoms with van der Waals surface area (Å²) in [6.45, 7) is 16.5. The standard InChI is InChI=1S/C47H79N5O4/c1-33(2)11-8-12-34(3)40-19-20-41-39-18-15-36-32-38(21-23-46(36,4)42(39)22-24-47(40,41)5)56-45(55)51-43(31-35-13-16-37(53)17-14-35)44(54)52(30-10-26-49)29-7-6-27-50-28-9-25-48/h13-17,33-34,38-43,50,53H,6-12,18-32,48-49H2,1-5H3,(H,51,55). The molecule has 0 bridgehead atoms. The quantitative estimate of drug-likeness (QED) is 0.0624. The van der Waals surface area contributed by atoms with E-state index < -0.39 is 12.1 Å². The van der Waals surface area contributed by atoms with Gasteiger partial charge in [-0.3, -0.25) is 4.79 Å². The Labute approximate surface area is 339 Å². The molecule has 1 aromatic carbocycles. The van der Waals surface area contributed by atoms with Crippen LogP contribution in [0.5, 0.6) is 5.75 Å². The number of carbonyl (C=O) groups excluding carboxylic acids is 2. The topological polar surface area (TPSA) is 143 Å². The van der Waals surface area contributed by atoms with Gasteiger partial charge in [-0.15, -0.1) is 0 Å². The molecule has 0 heterocycles. The molecule has 0 radical (unpaired) electrons. The molecule has 2 amide bonds. The second-order valence-corrected chi connectivity index (χ2v) is 19.2. The van der Waals surface area contributed by atoms with Gasteiger partial charge in [-0.25, -0.2) is 4.79 Å². The highest BCUT2D eigenvalue weighted by Crippen LogP contribution is 2.67. The molecule has 56 heavy (non-hydrogen) atoms. The highest BCUT2D eigenvalue weighted by Gasteiger charge is 2.59. The highest BCUT2D eigenvalue weighted by molar-refractivity contribution is 5.86. The molecule has 1 aromatic rings. The number of benzene rings is 1. The van der Waals surface area contributed by atoms with Gasteiger partial charge in [0.2, 0.25) is 5.91 Å². The van der Waals surface area contributed by atoms with Crippen LogP contribution >= 0.6 is 0 Å². The minimum atomic E-state index is -0.791. The second kappa shape index (κ2) is 20.9. The Hall–Kier alpha value is -2.62. The van der Waals surface area contributed by atoms with Crippen molar-refractivity contribution in [3.05, 3.63) is 41.5 Å². The number of aromatic hydroxyl groups is 1. The largest absolute Gasteiger partial charge is 0.508 e. The third kappa shape index (κ3) is 11.1. The minimum Gasteiger partial charge on any atom is -0.508 e. The first-order valence-electron chi connectivity index (χ1n) is 22.7. The van der Waals surface area contributed by atoms with Gasteiger partial charge >= 0.3 is 6.09 Å². The molecule has 9 atom stereocenters. The maximum absolute atomic E-state index is 14.2. The van der Waals surface area contributed by atoms with Crippen molar-refractivity contribution in [2.75, 3.05) is 39.3 Å². The number of carbonyl (C=O) groups is 2. The van der Waals surface area contributed by atoms with Crippen LogP contribution in [0.2, 0.25) is 0 Å². The maximum atomic E-state index is 14.2. The summed E-state index contributed by atoms with van der Waals surface area (Å²) in [5.41, 5.74) is 14.5. The lowest BCUT2D eigenvalue weighted by Gasteiger charge is -2.58. The van der Waals surface area contributed by atoms with Crippen molar-refractivity contribution in [2.24, 2.45) is 57.8 Å². The lowest BCUT2D eigenvalue weighted by molar-refractivity contribution is -0.133. The number of fused-ring (bicyclic) bond motifs is 5. The summed E-state index contributed by atoms with van der Waals surface area (Å²) in [7, 11) is 0. The van der Waals surface area contributed by atoms with Gasteiger partial charge in [0.05, 0.1) is 0 Å². The fourth-order valence-electron chi connectivity index (χ4n) is 11.9. The lowest BCUT2D eigenvalue weighted by atomic mass is 9.47. The molecule has 3 fully saturated rings. The van der Waals surface area contributed by atoms with Crippen LogP contribution in [-0.4, -0.2) is 73.4 Å². The number of allylic oxidation sites excluding steroid dienone is 1. The van der Waals surface area contributed by atoms with Gasteiger partial charge in [0.25, 0.3) is 0 Å². The number of ether oxygens (including phenoxy) is 1. The number of alkyl carbamates (subject to hydrolysis) is 1. The highest BCUT2D eigenvalue weighted by atomic mass is 16.6. The monoisotopic (exact) mass is 778 g/mol. The van der Waals surface area contributed by atoms with E-state index in [9.17, 15) is 14.7 Å². The van der Waals surface area contributed by atoms with E-state index in [4.69, 9.17) is 16.2 Å². The molecular formula is C47H79N5O4. The molecule has 4 aliphatic carbocycles. The molecule has 0 aromatic heterocycles. The molecule has 9 heteroatoms. The normalized spacial score (nSPS) is 29.4. The smallest absolute Gasteiger partial charge is 0.408 e. The summed E-state index contributed by atoms with van der Waals surface area (Å²) < 4.78 is 6.20. The first kappa shape index (κ1) is 44.5. The van der Waals surface area contributed by atoms with Gasteiger partial charge in [0, 0.05) is 25.9 Å². The van der Waals surface area contributed by atoms with E-state index in [1.54, 1.807) is 24.3 Å². The number of unbranched alkanes of at least 4 members (excludes halogenated alkanes) is 1. The van der Waals surface area contributed by atoms with Gasteiger partial charge in [0.1, 0.15) is 17.9 Å². The van der Waals surface area contributed by atoms with Crippen LogP contribution in [0.4, 0.5) is 4.79 Å².